The van der Waals surface area contributed by atoms with Gasteiger partial charge in [0.25, 0.3) is 0 Å². The number of nitrogens with zero attached hydrogens (tertiary/aromatic N) is 1. The van der Waals surface area contributed by atoms with E-state index in [2.05, 4.69) is 10.1 Å². The molecule has 1 aliphatic rings. The summed E-state index contributed by atoms with van der Waals surface area (Å²) in [7, 11) is -4.04. The van der Waals surface area contributed by atoms with Crippen LogP contribution >= 0.6 is 0 Å². The number of amides is 1. The Kier molecular flexibility index (Phi) is 7.09. The molecule has 0 saturated carbocycles. The molecule has 1 N–H and O–H groups in total. The smallest absolute Gasteiger partial charge is 0.406 e. The maximum atomic E-state index is 13.1. The van der Waals surface area contributed by atoms with Crippen molar-refractivity contribution in [3.8, 4) is 5.75 Å². The predicted molar refractivity (Wildman–Crippen MR) is 108 cm³/mol. The lowest BCUT2D eigenvalue weighted by atomic mass is 9.96. The molecule has 0 aliphatic carbocycles. The van der Waals surface area contributed by atoms with Gasteiger partial charge in [0.05, 0.1) is 10.9 Å². The highest BCUT2D eigenvalue weighted by Gasteiger charge is 2.34. The van der Waals surface area contributed by atoms with Crippen LogP contribution in [0.4, 0.5) is 17.6 Å². The zero-order valence-corrected chi connectivity index (χ0v) is 17.9. The largest absolute Gasteiger partial charge is 0.573 e. The van der Waals surface area contributed by atoms with Gasteiger partial charge < -0.3 is 10.1 Å². The van der Waals surface area contributed by atoms with Gasteiger partial charge in [-0.05, 0) is 49.6 Å². The third-order valence-electron chi connectivity index (χ3n) is 5.23. The normalized spacial score (nSPS) is 17.0. The second kappa shape index (κ2) is 9.45. The van der Waals surface area contributed by atoms with E-state index in [1.807, 2.05) is 0 Å². The van der Waals surface area contributed by atoms with Crippen LogP contribution in [0, 0.1) is 11.7 Å². The molecule has 32 heavy (non-hydrogen) atoms. The minimum absolute atomic E-state index is 0.0513. The minimum atomic E-state index is -4.93. The molecule has 1 atom stereocenters. The van der Waals surface area contributed by atoms with Crippen molar-refractivity contribution < 1.29 is 35.5 Å². The summed E-state index contributed by atoms with van der Waals surface area (Å²) < 4.78 is 80.9. The van der Waals surface area contributed by atoms with Gasteiger partial charge in [0.15, 0.2) is 0 Å². The monoisotopic (exact) mass is 474 g/mol. The SMILES string of the molecule is CC(NC(=O)C1CCN(S(=O)(=O)c2cccc(OC(F)(F)F)c2)CC1)c1ccc(F)cc1. The van der Waals surface area contributed by atoms with Crippen molar-refractivity contribution in [2.75, 3.05) is 13.1 Å². The average molecular weight is 474 g/mol. The molecule has 2 aromatic rings. The molecule has 1 aliphatic heterocycles. The molecule has 3 rings (SSSR count). The summed E-state index contributed by atoms with van der Waals surface area (Å²) in [6.45, 7) is 1.87. The van der Waals surface area contributed by atoms with Crippen molar-refractivity contribution in [3.05, 3.63) is 59.9 Å². The Bertz CT molecular complexity index is 1050. The predicted octanol–water partition coefficient (Wildman–Crippen LogP) is 4.00. The zero-order valence-electron chi connectivity index (χ0n) is 17.1. The molecule has 2 aromatic carbocycles. The zero-order chi connectivity index (χ0) is 23.5. The number of hydrogen-bond donors (Lipinski definition) is 1. The van der Waals surface area contributed by atoms with E-state index in [0.717, 1.165) is 22.0 Å². The number of alkyl halides is 3. The highest BCUT2D eigenvalue weighted by Crippen LogP contribution is 2.29. The summed E-state index contributed by atoms with van der Waals surface area (Å²) in [6.07, 6.45) is -4.40. The summed E-state index contributed by atoms with van der Waals surface area (Å²) in [5.74, 6) is -1.65. The number of sulfonamides is 1. The number of hydrogen-bond acceptors (Lipinski definition) is 4. The maximum absolute atomic E-state index is 13.1. The number of rotatable bonds is 6. The van der Waals surface area contributed by atoms with E-state index in [-0.39, 0.29) is 48.6 Å². The van der Waals surface area contributed by atoms with Crippen LogP contribution in [0.2, 0.25) is 0 Å². The van der Waals surface area contributed by atoms with E-state index in [1.165, 1.54) is 24.3 Å². The third kappa shape index (κ3) is 5.98. The lowest BCUT2D eigenvalue weighted by molar-refractivity contribution is -0.274. The van der Waals surface area contributed by atoms with E-state index < -0.39 is 28.1 Å². The van der Waals surface area contributed by atoms with Crippen molar-refractivity contribution in [3.63, 3.8) is 0 Å². The number of halogens is 4. The molecule has 1 fully saturated rings. The second-order valence-electron chi connectivity index (χ2n) is 7.48. The fourth-order valence-electron chi connectivity index (χ4n) is 3.51. The lowest BCUT2D eigenvalue weighted by Crippen LogP contribution is -2.43. The van der Waals surface area contributed by atoms with E-state index in [0.29, 0.717) is 0 Å². The van der Waals surface area contributed by atoms with Crippen LogP contribution in [0.25, 0.3) is 0 Å². The van der Waals surface area contributed by atoms with Gasteiger partial charge in [0, 0.05) is 25.1 Å². The minimum Gasteiger partial charge on any atom is -0.406 e. The van der Waals surface area contributed by atoms with Crippen molar-refractivity contribution in [1.29, 1.82) is 0 Å². The van der Waals surface area contributed by atoms with Crippen LogP contribution in [-0.2, 0) is 14.8 Å². The third-order valence-corrected chi connectivity index (χ3v) is 7.12. The Morgan fingerprint density at radius 2 is 1.75 bits per heavy atom. The molecule has 6 nitrogen and oxygen atoms in total. The van der Waals surface area contributed by atoms with Gasteiger partial charge in [-0.3, -0.25) is 4.79 Å². The molecule has 1 unspecified atom stereocenters. The van der Waals surface area contributed by atoms with Crippen LogP contribution in [0.1, 0.15) is 31.4 Å². The van der Waals surface area contributed by atoms with Crippen LogP contribution in [-0.4, -0.2) is 38.1 Å². The summed E-state index contributed by atoms with van der Waals surface area (Å²) in [5, 5.41) is 2.85. The van der Waals surface area contributed by atoms with E-state index in [9.17, 15) is 30.8 Å². The highest BCUT2D eigenvalue weighted by atomic mass is 32.2. The standard InChI is InChI=1S/C21H22F4N2O4S/c1-14(15-5-7-17(22)8-6-15)26-20(28)16-9-11-27(12-10-16)32(29,30)19-4-2-3-18(13-19)31-21(23,24)25/h2-8,13-14,16H,9-12H2,1H3,(H,26,28). The molecule has 1 amide bonds. The summed E-state index contributed by atoms with van der Waals surface area (Å²) in [6, 6.07) is 9.62. The van der Waals surface area contributed by atoms with E-state index >= 15 is 0 Å². The maximum Gasteiger partial charge on any atom is 0.573 e. The van der Waals surface area contributed by atoms with Crippen LogP contribution < -0.4 is 10.1 Å². The topological polar surface area (TPSA) is 75.7 Å². The van der Waals surface area contributed by atoms with Gasteiger partial charge in [-0.1, -0.05) is 18.2 Å². The Morgan fingerprint density at radius 3 is 2.34 bits per heavy atom. The number of ether oxygens (including phenoxy) is 1. The van der Waals surface area contributed by atoms with Crippen molar-refractivity contribution in [2.45, 2.75) is 37.1 Å². The summed E-state index contributed by atoms with van der Waals surface area (Å²) in [5.41, 5.74) is 0.737. The van der Waals surface area contributed by atoms with E-state index in [1.54, 1.807) is 19.1 Å². The number of carbonyl (C=O) groups excluding carboxylic acids is 1. The molecule has 0 spiro atoms. The van der Waals surface area contributed by atoms with Gasteiger partial charge in [0.1, 0.15) is 11.6 Å². The second-order valence-corrected chi connectivity index (χ2v) is 9.42. The highest BCUT2D eigenvalue weighted by molar-refractivity contribution is 7.89. The number of nitrogens with one attached hydrogen (secondary N) is 1. The molecule has 0 radical (unpaired) electrons. The van der Waals surface area contributed by atoms with E-state index in [4.69, 9.17) is 0 Å². The van der Waals surface area contributed by atoms with Crippen molar-refractivity contribution >= 4 is 15.9 Å². The molecule has 174 valence electrons. The van der Waals surface area contributed by atoms with Crippen molar-refractivity contribution in [1.82, 2.24) is 9.62 Å². The number of carbonyl (C=O) groups is 1. The Labute approximate surface area is 183 Å². The molecule has 1 heterocycles. The fourth-order valence-corrected chi connectivity index (χ4v) is 5.01. The Balaban J connectivity index is 1.60. The Morgan fingerprint density at radius 1 is 1.12 bits per heavy atom. The van der Waals surface area contributed by atoms with Gasteiger partial charge in [-0.25, -0.2) is 12.8 Å². The molecule has 0 bridgehead atoms. The van der Waals surface area contributed by atoms with Crippen LogP contribution in [0.15, 0.2) is 53.4 Å². The van der Waals surface area contributed by atoms with Crippen LogP contribution in [0.3, 0.4) is 0 Å². The summed E-state index contributed by atoms with van der Waals surface area (Å²) >= 11 is 0. The number of benzene rings is 2. The quantitative estimate of drug-likeness (QED) is 0.643. The molecular weight excluding hydrogens is 452 g/mol. The van der Waals surface area contributed by atoms with Gasteiger partial charge in [-0.15, -0.1) is 13.2 Å². The first-order valence-corrected chi connectivity index (χ1v) is 11.3. The summed E-state index contributed by atoms with van der Waals surface area (Å²) in [4.78, 5) is 12.3. The van der Waals surface area contributed by atoms with Gasteiger partial charge in [-0.2, -0.15) is 4.31 Å². The fraction of sp³-hybridized carbons (Fsp3) is 0.381. The molecule has 0 aromatic heterocycles. The first-order chi connectivity index (χ1) is 15.0. The van der Waals surface area contributed by atoms with Crippen LogP contribution in [0.5, 0.6) is 5.75 Å². The molecule has 1 saturated heterocycles. The Hall–Kier alpha value is -2.66. The van der Waals surface area contributed by atoms with Crippen molar-refractivity contribution in [2.24, 2.45) is 5.92 Å². The number of piperidine rings is 1. The molecular formula is C21H22F4N2O4S. The van der Waals surface area contributed by atoms with Gasteiger partial charge in [0.2, 0.25) is 15.9 Å². The average Bonchev–Trinajstić information content (AvgIpc) is 2.73. The first kappa shape index (κ1) is 24.0. The van der Waals surface area contributed by atoms with Gasteiger partial charge >= 0.3 is 6.36 Å². The first-order valence-electron chi connectivity index (χ1n) is 9.87. The molecule has 11 heteroatoms. The lowest BCUT2D eigenvalue weighted by Gasteiger charge is -2.31.